The molecule has 1 aromatic heterocycles. The third kappa shape index (κ3) is 4.82. The molecule has 24 heavy (non-hydrogen) atoms. The number of nitrogens with one attached hydrogen (secondary N) is 1. The second-order valence-corrected chi connectivity index (χ2v) is 6.73. The molecule has 0 aliphatic heterocycles. The highest BCUT2D eigenvalue weighted by molar-refractivity contribution is 5.27. The SMILES string of the molecule is CC(C)(C)n1cc(CNC[C@H](O)c2cccc(C(F)(F)F)c2)cn1. The van der Waals surface area contributed by atoms with Crippen molar-refractivity contribution in [3.63, 3.8) is 0 Å². The smallest absolute Gasteiger partial charge is 0.387 e. The van der Waals surface area contributed by atoms with Crippen LogP contribution >= 0.6 is 0 Å². The Morgan fingerprint density at radius 3 is 2.54 bits per heavy atom. The lowest BCUT2D eigenvalue weighted by Crippen LogP contribution is -2.23. The third-order valence-electron chi connectivity index (χ3n) is 3.59. The number of aliphatic hydroxyl groups excluding tert-OH is 1. The van der Waals surface area contributed by atoms with E-state index in [2.05, 4.69) is 10.4 Å². The molecular weight excluding hydrogens is 319 g/mol. The molecular formula is C17H22F3N3O. The second kappa shape index (κ2) is 6.94. The van der Waals surface area contributed by atoms with E-state index in [9.17, 15) is 18.3 Å². The van der Waals surface area contributed by atoms with Crippen molar-refractivity contribution in [2.75, 3.05) is 6.54 Å². The number of rotatable bonds is 5. The molecule has 2 N–H and O–H groups in total. The highest BCUT2D eigenvalue weighted by Crippen LogP contribution is 2.30. The highest BCUT2D eigenvalue weighted by Gasteiger charge is 2.30. The van der Waals surface area contributed by atoms with Crippen LogP contribution in [0.3, 0.4) is 0 Å². The molecule has 1 heterocycles. The van der Waals surface area contributed by atoms with Gasteiger partial charge in [0.2, 0.25) is 0 Å². The minimum atomic E-state index is -4.41. The van der Waals surface area contributed by atoms with Crippen LogP contribution in [-0.4, -0.2) is 21.4 Å². The fourth-order valence-electron chi connectivity index (χ4n) is 2.21. The third-order valence-corrected chi connectivity index (χ3v) is 3.59. The number of aliphatic hydroxyl groups is 1. The highest BCUT2D eigenvalue weighted by atomic mass is 19.4. The zero-order valence-corrected chi connectivity index (χ0v) is 13.9. The molecule has 0 saturated heterocycles. The summed E-state index contributed by atoms with van der Waals surface area (Å²) in [6, 6.07) is 4.75. The quantitative estimate of drug-likeness (QED) is 0.875. The van der Waals surface area contributed by atoms with Gasteiger partial charge < -0.3 is 10.4 Å². The largest absolute Gasteiger partial charge is 0.416 e. The minimum absolute atomic E-state index is 0.115. The first kappa shape index (κ1) is 18.5. The first-order valence-electron chi connectivity index (χ1n) is 7.67. The van der Waals surface area contributed by atoms with E-state index in [0.29, 0.717) is 6.54 Å². The van der Waals surface area contributed by atoms with Gasteiger partial charge in [-0.05, 0) is 38.5 Å². The molecule has 0 amide bonds. The maximum absolute atomic E-state index is 12.7. The van der Waals surface area contributed by atoms with Crippen molar-refractivity contribution in [3.8, 4) is 0 Å². The lowest BCUT2D eigenvalue weighted by atomic mass is 10.1. The lowest BCUT2D eigenvalue weighted by Gasteiger charge is -2.18. The van der Waals surface area contributed by atoms with E-state index < -0.39 is 17.8 Å². The molecule has 0 spiro atoms. The molecule has 0 aliphatic carbocycles. The maximum atomic E-state index is 12.7. The fourth-order valence-corrected chi connectivity index (χ4v) is 2.21. The molecule has 2 aromatic rings. The average Bonchev–Trinajstić information content (AvgIpc) is 2.95. The van der Waals surface area contributed by atoms with Gasteiger partial charge in [0.05, 0.1) is 23.4 Å². The van der Waals surface area contributed by atoms with Crippen LogP contribution in [0.4, 0.5) is 13.2 Å². The fraction of sp³-hybridized carbons (Fsp3) is 0.471. The van der Waals surface area contributed by atoms with Crippen LogP contribution in [0.15, 0.2) is 36.7 Å². The molecule has 0 saturated carbocycles. The van der Waals surface area contributed by atoms with E-state index in [4.69, 9.17) is 0 Å². The predicted molar refractivity (Wildman–Crippen MR) is 85.3 cm³/mol. The standard InChI is InChI=1S/C17H22F3N3O/c1-16(2,3)23-11-12(9-22-23)8-21-10-15(24)13-5-4-6-14(7-13)17(18,19)20/h4-7,9,11,15,21,24H,8,10H2,1-3H3/t15-/m0/s1. The normalized spacial score (nSPS) is 14.0. The number of halogens is 3. The van der Waals surface area contributed by atoms with Gasteiger partial charge in [-0.3, -0.25) is 4.68 Å². The first-order chi connectivity index (χ1) is 11.1. The number of nitrogens with zero attached hydrogens (tertiary/aromatic N) is 2. The van der Waals surface area contributed by atoms with Crippen molar-refractivity contribution in [1.29, 1.82) is 0 Å². The number of hydrogen-bond donors (Lipinski definition) is 2. The van der Waals surface area contributed by atoms with E-state index in [-0.39, 0.29) is 17.6 Å². The van der Waals surface area contributed by atoms with Crippen LogP contribution in [0, 0.1) is 0 Å². The van der Waals surface area contributed by atoms with Crippen LogP contribution in [0.2, 0.25) is 0 Å². The van der Waals surface area contributed by atoms with E-state index in [1.54, 1.807) is 6.20 Å². The summed E-state index contributed by atoms with van der Waals surface area (Å²) < 4.78 is 39.9. The number of hydrogen-bond acceptors (Lipinski definition) is 3. The molecule has 132 valence electrons. The summed E-state index contributed by atoms with van der Waals surface area (Å²) >= 11 is 0. The van der Waals surface area contributed by atoms with E-state index >= 15 is 0 Å². The Morgan fingerprint density at radius 2 is 1.96 bits per heavy atom. The molecule has 0 bridgehead atoms. The second-order valence-electron chi connectivity index (χ2n) is 6.73. The topological polar surface area (TPSA) is 50.1 Å². The van der Waals surface area contributed by atoms with Gasteiger partial charge in [0.15, 0.2) is 0 Å². The Balaban J connectivity index is 1.92. The van der Waals surface area contributed by atoms with Crippen LogP contribution < -0.4 is 5.32 Å². The summed E-state index contributed by atoms with van der Waals surface area (Å²) in [5.74, 6) is 0. The van der Waals surface area contributed by atoms with Crippen molar-refractivity contribution < 1.29 is 18.3 Å². The van der Waals surface area contributed by atoms with Crippen molar-refractivity contribution in [2.24, 2.45) is 0 Å². The van der Waals surface area contributed by atoms with Gasteiger partial charge in [0.1, 0.15) is 0 Å². The van der Waals surface area contributed by atoms with Gasteiger partial charge in [-0.2, -0.15) is 18.3 Å². The Kier molecular flexibility index (Phi) is 5.35. The van der Waals surface area contributed by atoms with E-state index in [1.807, 2.05) is 31.6 Å². The van der Waals surface area contributed by atoms with Crippen molar-refractivity contribution in [2.45, 2.75) is 45.1 Å². The molecule has 1 aromatic carbocycles. The molecule has 7 heteroatoms. The van der Waals surface area contributed by atoms with Crippen LogP contribution in [0.5, 0.6) is 0 Å². The lowest BCUT2D eigenvalue weighted by molar-refractivity contribution is -0.137. The Morgan fingerprint density at radius 1 is 1.25 bits per heavy atom. The van der Waals surface area contributed by atoms with Crippen molar-refractivity contribution >= 4 is 0 Å². The molecule has 0 radical (unpaired) electrons. The minimum Gasteiger partial charge on any atom is -0.387 e. The van der Waals surface area contributed by atoms with Gasteiger partial charge in [0, 0.05) is 24.8 Å². The molecule has 0 unspecified atom stereocenters. The monoisotopic (exact) mass is 341 g/mol. The van der Waals surface area contributed by atoms with Gasteiger partial charge in [-0.1, -0.05) is 12.1 Å². The Labute approximate surface area is 139 Å². The number of alkyl halides is 3. The molecule has 4 nitrogen and oxygen atoms in total. The molecule has 1 atom stereocenters. The van der Waals surface area contributed by atoms with Gasteiger partial charge >= 0.3 is 6.18 Å². The summed E-state index contributed by atoms with van der Waals surface area (Å²) in [6.07, 6.45) is -1.78. The van der Waals surface area contributed by atoms with Crippen LogP contribution in [0.1, 0.15) is 43.6 Å². The summed E-state index contributed by atoms with van der Waals surface area (Å²) in [6.45, 7) is 6.74. The van der Waals surface area contributed by atoms with Crippen molar-refractivity contribution in [3.05, 3.63) is 53.3 Å². The van der Waals surface area contributed by atoms with Crippen molar-refractivity contribution in [1.82, 2.24) is 15.1 Å². The average molecular weight is 341 g/mol. The maximum Gasteiger partial charge on any atom is 0.416 e. The number of benzene rings is 1. The van der Waals surface area contributed by atoms with Gasteiger partial charge in [-0.15, -0.1) is 0 Å². The number of aromatic nitrogens is 2. The molecule has 2 rings (SSSR count). The zero-order chi connectivity index (χ0) is 18.0. The van der Waals surface area contributed by atoms with Crippen LogP contribution in [-0.2, 0) is 18.3 Å². The van der Waals surface area contributed by atoms with Gasteiger partial charge in [0.25, 0.3) is 0 Å². The molecule has 0 fully saturated rings. The predicted octanol–water partition coefficient (Wildman–Crippen LogP) is 3.48. The zero-order valence-electron chi connectivity index (χ0n) is 13.9. The summed E-state index contributed by atoms with van der Waals surface area (Å²) in [5, 5.41) is 17.4. The Bertz CT molecular complexity index is 674. The van der Waals surface area contributed by atoms with Gasteiger partial charge in [-0.25, -0.2) is 0 Å². The summed E-state index contributed by atoms with van der Waals surface area (Å²) in [5.41, 5.74) is 0.310. The van der Waals surface area contributed by atoms with Crippen LogP contribution in [0.25, 0.3) is 0 Å². The molecule has 0 aliphatic rings. The first-order valence-corrected chi connectivity index (χ1v) is 7.67. The Hall–Kier alpha value is -1.86. The summed E-state index contributed by atoms with van der Waals surface area (Å²) in [7, 11) is 0. The summed E-state index contributed by atoms with van der Waals surface area (Å²) in [4.78, 5) is 0. The van der Waals surface area contributed by atoms with E-state index in [0.717, 1.165) is 17.7 Å². The van der Waals surface area contributed by atoms with E-state index in [1.165, 1.54) is 12.1 Å².